The Morgan fingerprint density at radius 1 is 1.00 bits per heavy atom. The van der Waals surface area contributed by atoms with Crippen LogP contribution in [0.4, 0.5) is 0 Å². The molecular formula is C19H24N4O3. The summed E-state index contributed by atoms with van der Waals surface area (Å²) in [5.41, 5.74) is 2.35. The van der Waals surface area contributed by atoms with E-state index in [1.807, 2.05) is 33.4 Å². The topological polar surface area (TPSA) is 79.5 Å². The van der Waals surface area contributed by atoms with Crippen molar-refractivity contribution in [2.24, 2.45) is 0 Å². The van der Waals surface area contributed by atoms with Crippen molar-refractivity contribution < 1.29 is 14.3 Å². The molecule has 1 aromatic carbocycles. The number of nitrogens with zero attached hydrogens (tertiary/aromatic N) is 3. The van der Waals surface area contributed by atoms with Gasteiger partial charge in [0.05, 0.1) is 37.1 Å². The van der Waals surface area contributed by atoms with Gasteiger partial charge in [0, 0.05) is 26.2 Å². The molecule has 26 heavy (non-hydrogen) atoms. The third-order valence-corrected chi connectivity index (χ3v) is 4.95. The minimum atomic E-state index is -0.780. The molecule has 0 aliphatic carbocycles. The van der Waals surface area contributed by atoms with Gasteiger partial charge in [-0.2, -0.15) is 0 Å². The van der Waals surface area contributed by atoms with Gasteiger partial charge in [0.2, 0.25) is 5.62 Å². The normalized spacial score (nSPS) is 17.0. The second-order valence-electron chi connectivity index (χ2n) is 6.56. The van der Waals surface area contributed by atoms with E-state index in [2.05, 4.69) is 4.90 Å². The number of benzene rings is 1. The molecule has 2 N–H and O–H groups in total. The summed E-state index contributed by atoms with van der Waals surface area (Å²) in [5, 5.41) is 19.1. The summed E-state index contributed by atoms with van der Waals surface area (Å²) in [6.07, 6.45) is 0.772. The zero-order valence-corrected chi connectivity index (χ0v) is 14.7. The number of hydrogen-bond acceptors (Lipinski definition) is 5. The summed E-state index contributed by atoms with van der Waals surface area (Å²) in [7, 11) is 0. The number of furan rings is 1. The number of para-hydroxylation sites is 2. The van der Waals surface area contributed by atoms with Crippen molar-refractivity contribution in [1.82, 2.24) is 14.0 Å². The summed E-state index contributed by atoms with van der Waals surface area (Å²) >= 11 is 0. The lowest BCUT2D eigenvalue weighted by Gasteiger charge is -2.26. The third-order valence-electron chi connectivity index (χ3n) is 4.95. The van der Waals surface area contributed by atoms with Crippen LogP contribution in [0.5, 0.6) is 0 Å². The number of fused-ring (bicyclic) bond motifs is 1. The first-order valence-corrected chi connectivity index (χ1v) is 8.98. The molecule has 0 unspecified atom stereocenters. The van der Waals surface area contributed by atoms with E-state index < -0.39 is 6.10 Å². The van der Waals surface area contributed by atoms with Gasteiger partial charge in [-0.15, -0.1) is 0 Å². The fraction of sp³-hybridized carbons (Fsp3) is 0.421. The molecule has 1 fully saturated rings. The van der Waals surface area contributed by atoms with Crippen LogP contribution in [0.25, 0.3) is 11.0 Å². The highest BCUT2D eigenvalue weighted by atomic mass is 16.5. The summed E-state index contributed by atoms with van der Waals surface area (Å²) < 4.78 is 14.6. The molecule has 1 aliphatic rings. The monoisotopic (exact) mass is 356 g/mol. The molecule has 0 saturated carbocycles. The van der Waals surface area contributed by atoms with Gasteiger partial charge in [-0.3, -0.25) is 10.3 Å². The van der Waals surface area contributed by atoms with E-state index in [1.165, 1.54) is 0 Å². The predicted octanol–water partition coefficient (Wildman–Crippen LogP) is 1.58. The Kier molecular flexibility index (Phi) is 4.92. The average Bonchev–Trinajstić information content (AvgIpc) is 3.29. The van der Waals surface area contributed by atoms with Gasteiger partial charge in [-0.05, 0) is 24.3 Å². The minimum absolute atomic E-state index is 0.289. The number of aliphatic hydroxyl groups is 1. The summed E-state index contributed by atoms with van der Waals surface area (Å²) in [6.45, 7) is 5.33. The van der Waals surface area contributed by atoms with Crippen LogP contribution in [0.15, 0.2) is 47.1 Å². The standard InChI is InChI=1S/C19H24N4O3/c20-19-22(8-7-21-9-12-25-13-10-21)15-4-1-2-5-16(15)23(19)14-17(24)18-6-3-11-26-18/h1-6,11,17,20,24H,7-10,12-14H2/t17-/m1/s1. The molecule has 0 amide bonds. The lowest BCUT2D eigenvalue weighted by molar-refractivity contribution is 0.0363. The van der Waals surface area contributed by atoms with E-state index in [1.54, 1.807) is 18.4 Å². The number of hydrogen-bond donors (Lipinski definition) is 2. The summed E-state index contributed by atoms with van der Waals surface area (Å²) in [6, 6.07) is 11.5. The molecular weight excluding hydrogens is 332 g/mol. The van der Waals surface area contributed by atoms with Crippen molar-refractivity contribution in [2.45, 2.75) is 19.2 Å². The van der Waals surface area contributed by atoms with E-state index in [0.717, 1.165) is 50.4 Å². The Balaban J connectivity index is 1.61. The van der Waals surface area contributed by atoms with Crippen LogP contribution in [-0.4, -0.2) is 52.0 Å². The first-order chi connectivity index (χ1) is 12.7. The van der Waals surface area contributed by atoms with Crippen molar-refractivity contribution in [3.8, 4) is 0 Å². The first-order valence-electron chi connectivity index (χ1n) is 8.98. The molecule has 3 heterocycles. The molecule has 138 valence electrons. The molecule has 0 bridgehead atoms. The Hall–Kier alpha value is -2.35. The van der Waals surface area contributed by atoms with Gasteiger partial charge >= 0.3 is 0 Å². The first kappa shape index (κ1) is 17.1. The second kappa shape index (κ2) is 7.49. The minimum Gasteiger partial charge on any atom is -0.467 e. The molecule has 3 aromatic rings. The largest absolute Gasteiger partial charge is 0.467 e. The van der Waals surface area contributed by atoms with Crippen LogP contribution < -0.4 is 5.62 Å². The SMILES string of the molecule is N=c1n(CCN2CCOCC2)c2ccccc2n1C[C@@H](O)c1ccco1. The maximum absolute atomic E-state index is 10.5. The number of morpholine rings is 1. The fourth-order valence-corrected chi connectivity index (χ4v) is 3.52. The lowest BCUT2D eigenvalue weighted by atomic mass is 10.2. The van der Waals surface area contributed by atoms with E-state index >= 15 is 0 Å². The maximum atomic E-state index is 10.5. The fourth-order valence-electron chi connectivity index (χ4n) is 3.52. The van der Waals surface area contributed by atoms with Crippen molar-refractivity contribution in [3.05, 3.63) is 54.0 Å². The van der Waals surface area contributed by atoms with Crippen molar-refractivity contribution in [2.75, 3.05) is 32.8 Å². The Morgan fingerprint density at radius 3 is 2.42 bits per heavy atom. The van der Waals surface area contributed by atoms with Gasteiger partial charge in [0.1, 0.15) is 11.9 Å². The molecule has 1 atom stereocenters. The van der Waals surface area contributed by atoms with Gasteiger partial charge in [0.25, 0.3) is 0 Å². The van der Waals surface area contributed by atoms with Crippen molar-refractivity contribution in [1.29, 1.82) is 5.41 Å². The molecule has 1 aliphatic heterocycles. The molecule has 7 nitrogen and oxygen atoms in total. The van der Waals surface area contributed by atoms with Gasteiger partial charge in [0.15, 0.2) is 0 Å². The molecule has 1 saturated heterocycles. The quantitative estimate of drug-likeness (QED) is 0.703. The molecule has 4 rings (SSSR count). The molecule has 7 heteroatoms. The second-order valence-corrected chi connectivity index (χ2v) is 6.56. The predicted molar refractivity (Wildman–Crippen MR) is 96.7 cm³/mol. The lowest BCUT2D eigenvalue weighted by Crippen LogP contribution is -2.39. The highest BCUT2D eigenvalue weighted by Crippen LogP contribution is 2.19. The Labute approximate surface area is 151 Å². The third kappa shape index (κ3) is 3.33. The maximum Gasteiger partial charge on any atom is 0.203 e. The van der Waals surface area contributed by atoms with Crippen molar-refractivity contribution in [3.63, 3.8) is 0 Å². The molecule has 2 aromatic heterocycles. The van der Waals surface area contributed by atoms with E-state index in [9.17, 15) is 5.11 Å². The van der Waals surface area contributed by atoms with Crippen LogP contribution in [0.2, 0.25) is 0 Å². The number of imidazole rings is 1. The van der Waals surface area contributed by atoms with E-state index in [4.69, 9.17) is 14.6 Å². The van der Waals surface area contributed by atoms with E-state index in [-0.39, 0.29) is 6.54 Å². The zero-order chi connectivity index (χ0) is 17.9. The molecule has 0 spiro atoms. The van der Waals surface area contributed by atoms with E-state index in [0.29, 0.717) is 11.4 Å². The van der Waals surface area contributed by atoms with Crippen LogP contribution >= 0.6 is 0 Å². The summed E-state index contributed by atoms with van der Waals surface area (Å²) in [5.74, 6) is 0.516. The van der Waals surface area contributed by atoms with Crippen LogP contribution in [-0.2, 0) is 17.8 Å². The van der Waals surface area contributed by atoms with Gasteiger partial charge in [-0.25, -0.2) is 0 Å². The number of rotatable bonds is 6. The number of aliphatic hydroxyl groups excluding tert-OH is 1. The number of ether oxygens (including phenoxy) is 1. The zero-order valence-electron chi connectivity index (χ0n) is 14.7. The number of aromatic nitrogens is 2. The smallest absolute Gasteiger partial charge is 0.203 e. The van der Waals surface area contributed by atoms with Gasteiger partial charge < -0.3 is 23.4 Å². The Morgan fingerprint density at radius 2 is 1.73 bits per heavy atom. The summed E-state index contributed by atoms with van der Waals surface area (Å²) in [4.78, 5) is 2.36. The highest BCUT2D eigenvalue weighted by molar-refractivity contribution is 5.75. The van der Waals surface area contributed by atoms with Crippen LogP contribution in [0.3, 0.4) is 0 Å². The Bertz CT molecular complexity index is 907. The molecule has 0 radical (unpaired) electrons. The van der Waals surface area contributed by atoms with Crippen LogP contribution in [0, 0.1) is 5.41 Å². The van der Waals surface area contributed by atoms with Gasteiger partial charge in [-0.1, -0.05) is 12.1 Å². The highest BCUT2D eigenvalue weighted by Gasteiger charge is 2.17. The van der Waals surface area contributed by atoms with Crippen LogP contribution in [0.1, 0.15) is 11.9 Å². The average molecular weight is 356 g/mol. The van der Waals surface area contributed by atoms with Crippen molar-refractivity contribution >= 4 is 11.0 Å². The number of nitrogens with one attached hydrogen (secondary N) is 1.